The van der Waals surface area contributed by atoms with E-state index in [2.05, 4.69) is 0 Å². The summed E-state index contributed by atoms with van der Waals surface area (Å²) in [5.41, 5.74) is 0.618. The number of hydrogen-bond donors (Lipinski definition) is 2. The van der Waals surface area contributed by atoms with Crippen molar-refractivity contribution in [3.63, 3.8) is 0 Å². The molecule has 0 aromatic heterocycles. The molecule has 0 aliphatic rings. The number of rotatable bonds is 6. The summed E-state index contributed by atoms with van der Waals surface area (Å²) < 4.78 is 0. The molecule has 1 aromatic carbocycles. The molecule has 19 heavy (non-hydrogen) atoms. The van der Waals surface area contributed by atoms with Gasteiger partial charge in [-0.3, -0.25) is 9.59 Å². The summed E-state index contributed by atoms with van der Waals surface area (Å²) in [6, 6.07) is 4.84. The Kier molecular flexibility index (Phi) is 6.02. The van der Waals surface area contributed by atoms with Crippen LogP contribution in [0.5, 0.6) is 0 Å². The molecule has 0 amide bonds. The van der Waals surface area contributed by atoms with Gasteiger partial charge in [-0.25, -0.2) is 0 Å². The van der Waals surface area contributed by atoms with Crippen LogP contribution in [0.2, 0.25) is 10.0 Å². The van der Waals surface area contributed by atoms with E-state index in [1.165, 1.54) is 12.2 Å². The first-order valence-corrected chi connectivity index (χ1v) is 6.20. The van der Waals surface area contributed by atoms with Crippen LogP contribution in [0.25, 0.3) is 6.08 Å². The van der Waals surface area contributed by atoms with Crippen molar-refractivity contribution in [2.45, 2.75) is 18.9 Å². The predicted molar refractivity (Wildman–Crippen MR) is 73.4 cm³/mol. The number of carbonyl (C=O) groups is 2. The number of benzene rings is 1. The average Bonchev–Trinajstić information content (AvgIpc) is 2.26. The number of aliphatic hydroxyl groups is 1. The minimum atomic E-state index is -1.18. The quantitative estimate of drug-likeness (QED) is 0.792. The van der Waals surface area contributed by atoms with Gasteiger partial charge in [0.25, 0.3) is 0 Å². The molecule has 0 heterocycles. The van der Waals surface area contributed by atoms with Gasteiger partial charge in [-0.1, -0.05) is 29.3 Å². The third kappa shape index (κ3) is 5.87. The Bertz CT molecular complexity index is 511. The van der Waals surface area contributed by atoms with Crippen molar-refractivity contribution in [1.29, 1.82) is 0 Å². The third-order valence-electron chi connectivity index (χ3n) is 2.26. The maximum Gasteiger partial charge on any atom is 0.305 e. The number of halogens is 2. The molecule has 0 bridgehead atoms. The smallest absolute Gasteiger partial charge is 0.305 e. The van der Waals surface area contributed by atoms with Gasteiger partial charge in [0.2, 0.25) is 0 Å². The number of allylic oxidation sites excluding steroid dienone is 1. The van der Waals surface area contributed by atoms with Gasteiger partial charge >= 0.3 is 5.97 Å². The second kappa shape index (κ2) is 7.28. The molecule has 6 heteroatoms. The number of carboxylic acid groups (broad SMARTS) is 1. The molecule has 0 spiro atoms. The van der Waals surface area contributed by atoms with Gasteiger partial charge in [0.1, 0.15) is 0 Å². The Morgan fingerprint density at radius 3 is 2.53 bits per heavy atom. The zero-order valence-corrected chi connectivity index (χ0v) is 11.4. The van der Waals surface area contributed by atoms with Gasteiger partial charge in [-0.15, -0.1) is 0 Å². The number of ketones is 1. The van der Waals surface area contributed by atoms with Crippen LogP contribution >= 0.6 is 23.2 Å². The van der Waals surface area contributed by atoms with E-state index in [9.17, 15) is 14.7 Å². The van der Waals surface area contributed by atoms with Gasteiger partial charge in [0.05, 0.1) is 12.5 Å². The van der Waals surface area contributed by atoms with E-state index in [4.69, 9.17) is 28.3 Å². The maximum atomic E-state index is 11.5. The molecule has 1 aromatic rings. The standard InChI is InChI=1S/C13H12Cl2O4/c14-9-3-1-8(12(15)5-9)2-4-10(16)6-11(17)7-13(18)19/h1-5,11,17H,6-7H2,(H,18,19)/t11-/m1/s1. The van der Waals surface area contributed by atoms with E-state index in [-0.39, 0.29) is 12.2 Å². The van der Waals surface area contributed by atoms with Gasteiger partial charge in [0, 0.05) is 16.5 Å². The average molecular weight is 303 g/mol. The van der Waals surface area contributed by atoms with Crippen molar-refractivity contribution in [3.8, 4) is 0 Å². The molecule has 4 nitrogen and oxygen atoms in total. The predicted octanol–water partition coefficient (Wildman–Crippen LogP) is 2.80. The summed E-state index contributed by atoms with van der Waals surface area (Å²) in [6.07, 6.45) is 0.861. The van der Waals surface area contributed by atoms with E-state index in [1.54, 1.807) is 18.2 Å². The number of aliphatic hydroxyl groups excluding tert-OH is 1. The van der Waals surface area contributed by atoms with Crippen LogP contribution in [-0.4, -0.2) is 28.1 Å². The highest BCUT2D eigenvalue weighted by Gasteiger charge is 2.12. The first-order valence-electron chi connectivity index (χ1n) is 5.44. The first-order chi connectivity index (χ1) is 8.88. The fourth-order valence-electron chi connectivity index (χ4n) is 1.39. The number of carboxylic acids is 1. The lowest BCUT2D eigenvalue weighted by atomic mass is 10.1. The Morgan fingerprint density at radius 1 is 1.26 bits per heavy atom. The lowest BCUT2D eigenvalue weighted by Crippen LogP contribution is -2.16. The minimum Gasteiger partial charge on any atom is -0.481 e. The van der Waals surface area contributed by atoms with Gasteiger partial charge in [0.15, 0.2) is 5.78 Å². The van der Waals surface area contributed by atoms with E-state index < -0.39 is 18.5 Å². The fraction of sp³-hybridized carbons (Fsp3) is 0.231. The second-order valence-corrected chi connectivity index (χ2v) is 4.76. The summed E-state index contributed by atoms with van der Waals surface area (Å²) >= 11 is 11.6. The molecular formula is C13H12Cl2O4. The molecule has 1 atom stereocenters. The normalized spacial score (nSPS) is 12.6. The van der Waals surface area contributed by atoms with E-state index >= 15 is 0 Å². The number of carbonyl (C=O) groups excluding carboxylic acids is 1. The van der Waals surface area contributed by atoms with Gasteiger partial charge in [-0.2, -0.15) is 0 Å². The van der Waals surface area contributed by atoms with Crippen molar-refractivity contribution in [2.24, 2.45) is 0 Å². The Labute approximate surface area is 120 Å². The molecule has 102 valence electrons. The maximum absolute atomic E-state index is 11.5. The van der Waals surface area contributed by atoms with Crippen LogP contribution in [0.4, 0.5) is 0 Å². The highest BCUT2D eigenvalue weighted by atomic mass is 35.5. The number of hydrogen-bond acceptors (Lipinski definition) is 3. The van der Waals surface area contributed by atoms with Crippen LogP contribution in [0.15, 0.2) is 24.3 Å². The third-order valence-corrected chi connectivity index (χ3v) is 2.82. The van der Waals surface area contributed by atoms with Crippen LogP contribution in [0.1, 0.15) is 18.4 Å². The molecule has 0 aliphatic heterocycles. The highest BCUT2D eigenvalue weighted by molar-refractivity contribution is 6.35. The second-order valence-electron chi connectivity index (χ2n) is 3.92. The zero-order chi connectivity index (χ0) is 14.4. The van der Waals surface area contributed by atoms with Crippen molar-refractivity contribution < 1.29 is 19.8 Å². The monoisotopic (exact) mass is 302 g/mol. The number of aliphatic carboxylic acids is 1. The summed E-state index contributed by atoms with van der Waals surface area (Å²) in [7, 11) is 0. The van der Waals surface area contributed by atoms with Gasteiger partial charge < -0.3 is 10.2 Å². The fourth-order valence-corrected chi connectivity index (χ4v) is 1.86. The molecule has 0 fully saturated rings. The van der Waals surface area contributed by atoms with Crippen LogP contribution in [-0.2, 0) is 9.59 Å². The van der Waals surface area contributed by atoms with Crippen molar-refractivity contribution in [1.82, 2.24) is 0 Å². The summed E-state index contributed by atoms with van der Waals surface area (Å²) in [5.74, 6) is -1.52. The van der Waals surface area contributed by atoms with Gasteiger partial charge in [-0.05, 0) is 29.8 Å². The Hall–Kier alpha value is -1.36. The topological polar surface area (TPSA) is 74.6 Å². The molecule has 0 unspecified atom stereocenters. The summed E-state index contributed by atoms with van der Waals surface area (Å²) in [4.78, 5) is 21.8. The van der Waals surface area contributed by atoms with E-state index in [0.29, 0.717) is 15.6 Å². The SMILES string of the molecule is O=C(O)C[C@H](O)CC(=O)C=Cc1ccc(Cl)cc1Cl. The Morgan fingerprint density at radius 2 is 1.95 bits per heavy atom. The van der Waals surface area contributed by atoms with E-state index in [0.717, 1.165) is 0 Å². The minimum absolute atomic E-state index is 0.242. The van der Waals surface area contributed by atoms with Crippen LogP contribution < -0.4 is 0 Å². The molecular weight excluding hydrogens is 291 g/mol. The van der Waals surface area contributed by atoms with Crippen LogP contribution in [0, 0.1) is 0 Å². The summed E-state index contributed by atoms with van der Waals surface area (Å²) in [5, 5.41) is 18.6. The molecule has 0 aliphatic carbocycles. The lowest BCUT2D eigenvalue weighted by molar-refractivity contribution is -0.139. The molecule has 0 radical (unpaired) electrons. The molecule has 2 N–H and O–H groups in total. The largest absolute Gasteiger partial charge is 0.481 e. The van der Waals surface area contributed by atoms with Crippen molar-refractivity contribution >= 4 is 41.0 Å². The summed E-state index contributed by atoms with van der Waals surface area (Å²) in [6.45, 7) is 0. The molecule has 1 rings (SSSR count). The van der Waals surface area contributed by atoms with E-state index in [1.807, 2.05) is 0 Å². The van der Waals surface area contributed by atoms with Crippen molar-refractivity contribution in [3.05, 3.63) is 39.9 Å². The van der Waals surface area contributed by atoms with Crippen LogP contribution in [0.3, 0.4) is 0 Å². The molecule has 0 saturated carbocycles. The van der Waals surface area contributed by atoms with Crippen molar-refractivity contribution in [2.75, 3.05) is 0 Å². The highest BCUT2D eigenvalue weighted by Crippen LogP contribution is 2.22. The zero-order valence-electron chi connectivity index (χ0n) is 9.85. The molecule has 0 saturated heterocycles. The lowest BCUT2D eigenvalue weighted by Gasteiger charge is -2.04. The Balaban J connectivity index is 2.61. The first kappa shape index (κ1) is 15.7.